The van der Waals surface area contributed by atoms with E-state index in [0.29, 0.717) is 6.54 Å². The Morgan fingerprint density at radius 1 is 0.960 bits per heavy atom. The van der Waals surface area contributed by atoms with Crippen molar-refractivity contribution in [3.8, 4) is 0 Å². The Hall–Kier alpha value is -1.83. The van der Waals surface area contributed by atoms with Crippen molar-refractivity contribution >= 4 is 10.0 Å². The normalized spacial score (nSPS) is 12.4. The molecule has 0 spiro atoms. The van der Waals surface area contributed by atoms with Crippen LogP contribution in [0.2, 0.25) is 0 Å². The SMILES string of the molecule is CC(C)(C)NCc1ccc(S(=O)(=O)NCc2ccc(F)cc2F)cc1. The number of sulfonamides is 1. The van der Waals surface area contributed by atoms with Gasteiger partial charge in [-0.2, -0.15) is 0 Å². The average molecular weight is 368 g/mol. The molecule has 0 unspecified atom stereocenters. The summed E-state index contributed by atoms with van der Waals surface area (Å²) in [5.74, 6) is -1.49. The Labute approximate surface area is 147 Å². The number of hydrogen-bond acceptors (Lipinski definition) is 3. The highest BCUT2D eigenvalue weighted by molar-refractivity contribution is 7.89. The predicted octanol–water partition coefficient (Wildman–Crippen LogP) is 3.33. The van der Waals surface area contributed by atoms with Gasteiger partial charge < -0.3 is 5.32 Å². The molecule has 0 bridgehead atoms. The van der Waals surface area contributed by atoms with E-state index in [4.69, 9.17) is 0 Å². The van der Waals surface area contributed by atoms with E-state index < -0.39 is 21.7 Å². The second-order valence-electron chi connectivity index (χ2n) is 6.81. The molecule has 0 amide bonds. The van der Waals surface area contributed by atoms with Crippen LogP contribution in [0.3, 0.4) is 0 Å². The molecule has 0 fully saturated rings. The lowest BCUT2D eigenvalue weighted by Gasteiger charge is -2.20. The van der Waals surface area contributed by atoms with Gasteiger partial charge in [0, 0.05) is 30.3 Å². The Kier molecular flexibility index (Phi) is 5.92. The minimum Gasteiger partial charge on any atom is -0.308 e. The lowest BCUT2D eigenvalue weighted by atomic mass is 10.1. The molecule has 7 heteroatoms. The number of benzene rings is 2. The fraction of sp³-hybridized carbons (Fsp3) is 0.333. The summed E-state index contributed by atoms with van der Waals surface area (Å²) in [4.78, 5) is 0.0922. The highest BCUT2D eigenvalue weighted by Gasteiger charge is 2.15. The number of halogens is 2. The van der Waals surface area contributed by atoms with Crippen LogP contribution in [0.1, 0.15) is 31.9 Å². The van der Waals surface area contributed by atoms with Gasteiger partial charge >= 0.3 is 0 Å². The van der Waals surface area contributed by atoms with E-state index in [1.165, 1.54) is 18.2 Å². The van der Waals surface area contributed by atoms with Gasteiger partial charge in [0.15, 0.2) is 0 Å². The Balaban J connectivity index is 2.04. The minimum atomic E-state index is -3.78. The Morgan fingerprint density at radius 2 is 1.60 bits per heavy atom. The third-order valence-corrected chi connectivity index (χ3v) is 4.94. The van der Waals surface area contributed by atoms with Crippen LogP contribution < -0.4 is 10.0 Å². The molecule has 2 rings (SSSR count). The molecule has 25 heavy (non-hydrogen) atoms. The topological polar surface area (TPSA) is 58.2 Å². The monoisotopic (exact) mass is 368 g/mol. The molecule has 0 heterocycles. The molecule has 4 nitrogen and oxygen atoms in total. The van der Waals surface area contributed by atoms with Crippen LogP contribution in [0.25, 0.3) is 0 Å². The summed E-state index contributed by atoms with van der Waals surface area (Å²) in [6.07, 6.45) is 0. The first-order chi connectivity index (χ1) is 11.6. The van der Waals surface area contributed by atoms with Crippen LogP contribution >= 0.6 is 0 Å². The van der Waals surface area contributed by atoms with Crippen LogP contribution in [-0.2, 0) is 23.1 Å². The first-order valence-corrected chi connectivity index (χ1v) is 9.33. The van der Waals surface area contributed by atoms with Crippen molar-refractivity contribution in [3.63, 3.8) is 0 Å². The van der Waals surface area contributed by atoms with Gasteiger partial charge in [-0.15, -0.1) is 0 Å². The van der Waals surface area contributed by atoms with E-state index in [-0.39, 0.29) is 22.5 Å². The summed E-state index contributed by atoms with van der Waals surface area (Å²) in [5, 5.41) is 3.32. The maximum Gasteiger partial charge on any atom is 0.240 e. The van der Waals surface area contributed by atoms with Gasteiger partial charge in [0.1, 0.15) is 11.6 Å². The summed E-state index contributed by atoms with van der Waals surface area (Å²) in [6, 6.07) is 9.49. The molecule has 0 radical (unpaired) electrons. The largest absolute Gasteiger partial charge is 0.308 e. The zero-order valence-electron chi connectivity index (χ0n) is 14.4. The van der Waals surface area contributed by atoms with Gasteiger partial charge in [-0.3, -0.25) is 0 Å². The van der Waals surface area contributed by atoms with Crippen molar-refractivity contribution in [1.82, 2.24) is 10.0 Å². The summed E-state index contributed by atoms with van der Waals surface area (Å²) < 4.78 is 53.4. The molecule has 0 atom stereocenters. The molecule has 2 N–H and O–H groups in total. The van der Waals surface area contributed by atoms with Crippen LogP contribution in [0.5, 0.6) is 0 Å². The fourth-order valence-corrected chi connectivity index (χ4v) is 3.08. The average Bonchev–Trinajstić information content (AvgIpc) is 2.52. The molecule has 0 saturated carbocycles. The van der Waals surface area contributed by atoms with Gasteiger partial charge in [0.2, 0.25) is 10.0 Å². The second kappa shape index (κ2) is 7.59. The van der Waals surface area contributed by atoms with Crippen LogP contribution in [0.15, 0.2) is 47.4 Å². The Morgan fingerprint density at radius 3 is 2.16 bits per heavy atom. The smallest absolute Gasteiger partial charge is 0.240 e. The number of nitrogens with one attached hydrogen (secondary N) is 2. The van der Waals surface area contributed by atoms with Gasteiger partial charge in [-0.05, 0) is 44.5 Å². The van der Waals surface area contributed by atoms with E-state index in [9.17, 15) is 17.2 Å². The molecule has 0 aromatic heterocycles. The molecular weight excluding hydrogens is 346 g/mol. The van der Waals surface area contributed by atoms with Gasteiger partial charge in [0.25, 0.3) is 0 Å². The molecular formula is C18H22F2N2O2S. The predicted molar refractivity (Wildman–Crippen MR) is 93.4 cm³/mol. The van der Waals surface area contributed by atoms with E-state index in [0.717, 1.165) is 17.7 Å². The first kappa shape index (κ1) is 19.5. The Bertz CT molecular complexity index is 829. The minimum absolute atomic E-state index is 0.0362. The maximum atomic E-state index is 13.6. The van der Waals surface area contributed by atoms with Crippen LogP contribution in [0, 0.1) is 11.6 Å². The van der Waals surface area contributed by atoms with Crippen LogP contribution in [-0.4, -0.2) is 14.0 Å². The second-order valence-corrected chi connectivity index (χ2v) is 8.57. The lowest BCUT2D eigenvalue weighted by Crippen LogP contribution is -2.35. The zero-order valence-corrected chi connectivity index (χ0v) is 15.3. The summed E-state index contributed by atoms with van der Waals surface area (Å²) in [7, 11) is -3.78. The summed E-state index contributed by atoms with van der Waals surface area (Å²) >= 11 is 0. The number of rotatable bonds is 6. The summed E-state index contributed by atoms with van der Waals surface area (Å²) in [6.45, 7) is 6.51. The molecule has 2 aromatic rings. The van der Waals surface area contributed by atoms with Gasteiger partial charge in [-0.25, -0.2) is 21.9 Å². The lowest BCUT2D eigenvalue weighted by molar-refractivity contribution is 0.424. The van der Waals surface area contributed by atoms with Gasteiger partial charge in [0.05, 0.1) is 4.90 Å². The third kappa shape index (κ3) is 5.88. The van der Waals surface area contributed by atoms with E-state index in [1.54, 1.807) is 12.1 Å². The van der Waals surface area contributed by atoms with E-state index in [2.05, 4.69) is 10.0 Å². The fourth-order valence-electron chi connectivity index (χ4n) is 2.07. The van der Waals surface area contributed by atoms with Crippen molar-refractivity contribution in [2.75, 3.05) is 0 Å². The molecule has 0 aliphatic rings. The van der Waals surface area contributed by atoms with Crippen LogP contribution in [0.4, 0.5) is 8.78 Å². The van der Waals surface area contributed by atoms with Crippen molar-refractivity contribution in [2.45, 2.75) is 44.3 Å². The highest BCUT2D eigenvalue weighted by Crippen LogP contribution is 2.14. The van der Waals surface area contributed by atoms with Gasteiger partial charge in [-0.1, -0.05) is 18.2 Å². The molecule has 2 aromatic carbocycles. The van der Waals surface area contributed by atoms with Crippen molar-refractivity contribution in [1.29, 1.82) is 0 Å². The number of hydrogen-bond donors (Lipinski definition) is 2. The van der Waals surface area contributed by atoms with Crippen molar-refractivity contribution < 1.29 is 17.2 Å². The third-order valence-electron chi connectivity index (χ3n) is 3.52. The molecule has 136 valence electrons. The summed E-state index contributed by atoms with van der Waals surface area (Å²) in [5.41, 5.74) is 1.00. The zero-order chi connectivity index (χ0) is 18.7. The maximum absolute atomic E-state index is 13.6. The molecule has 0 aliphatic carbocycles. The van der Waals surface area contributed by atoms with E-state index in [1.807, 2.05) is 20.8 Å². The first-order valence-electron chi connectivity index (χ1n) is 7.84. The standard InChI is InChI=1S/C18H22F2N2O2S/c1-18(2,3)21-11-13-4-8-16(9-5-13)25(23,24)22-12-14-6-7-15(19)10-17(14)20/h4-10,21-22H,11-12H2,1-3H3. The molecule has 0 aliphatic heterocycles. The van der Waals surface area contributed by atoms with E-state index >= 15 is 0 Å². The quantitative estimate of drug-likeness (QED) is 0.822. The van der Waals surface area contributed by atoms with Crippen molar-refractivity contribution in [2.24, 2.45) is 0 Å². The van der Waals surface area contributed by atoms with Crippen molar-refractivity contribution in [3.05, 3.63) is 65.2 Å². The highest BCUT2D eigenvalue weighted by atomic mass is 32.2. The molecule has 0 saturated heterocycles.